The van der Waals surface area contributed by atoms with Crippen LogP contribution in [-0.4, -0.2) is 53.6 Å². The number of hydrogen-bond acceptors (Lipinski definition) is 3. The lowest BCUT2D eigenvalue weighted by molar-refractivity contribution is -0.137. The summed E-state index contributed by atoms with van der Waals surface area (Å²) in [5, 5.41) is 12.0. The molecule has 0 bridgehead atoms. The molecule has 2 fully saturated rings. The molecule has 2 saturated heterocycles. The Bertz CT molecular complexity index is 724. The molecule has 1 atom stereocenters. The van der Waals surface area contributed by atoms with Gasteiger partial charge in [-0.15, -0.1) is 0 Å². The zero-order valence-corrected chi connectivity index (χ0v) is 15.2. The smallest absolute Gasteiger partial charge is 0.321 e. The number of carboxylic acid groups (broad SMARTS) is 1. The van der Waals surface area contributed by atoms with Gasteiger partial charge in [-0.25, -0.2) is 4.79 Å². The number of carbonyl (C=O) groups excluding carboxylic acids is 2. The summed E-state index contributed by atoms with van der Waals surface area (Å²) in [5.41, 5.74) is 0.984. The first-order valence-corrected chi connectivity index (χ1v) is 9.23. The lowest BCUT2D eigenvalue weighted by Crippen LogP contribution is -2.44. The minimum Gasteiger partial charge on any atom is -0.481 e. The van der Waals surface area contributed by atoms with Gasteiger partial charge in [0.15, 0.2) is 0 Å². The second-order valence-electron chi connectivity index (χ2n) is 6.63. The van der Waals surface area contributed by atoms with E-state index in [1.165, 1.54) is 0 Å². The maximum absolute atomic E-state index is 13.1. The summed E-state index contributed by atoms with van der Waals surface area (Å²) >= 11 is 6.27. The number of carbonyl (C=O) groups is 3. The van der Waals surface area contributed by atoms with E-state index in [1.54, 1.807) is 28.0 Å². The molecule has 0 aliphatic carbocycles. The molecule has 0 radical (unpaired) electrons. The maximum atomic E-state index is 13.1. The number of likely N-dealkylation sites (tertiary alicyclic amines) is 1. The first kappa shape index (κ1) is 18.5. The monoisotopic (exact) mass is 379 g/mol. The minimum atomic E-state index is -0.858. The molecule has 2 aliphatic rings. The molecule has 3 rings (SSSR count). The second-order valence-corrected chi connectivity index (χ2v) is 7.04. The molecular weight excluding hydrogens is 358 g/mol. The van der Waals surface area contributed by atoms with E-state index < -0.39 is 5.97 Å². The Labute approximate surface area is 156 Å². The Morgan fingerprint density at radius 2 is 2.08 bits per heavy atom. The molecule has 140 valence electrons. The maximum Gasteiger partial charge on any atom is 0.321 e. The average molecular weight is 380 g/mol. The van der Waals surface area contributed by atoms with Crippen LogP contribution in [0, 0.1) is 0 Å². The molecule has 0 aromatic heterocycles. The Hall–Kier alpha value is -2.28. The summed E-state index contributed by atoms with van der Waals surface area (Å²) in [7, 11) is 0. The van der Waals surface area contributed by atoms with Crippen molar-refractivity contribution in [1.82, 2.24) is 10.2 Å². The molecule has 1 aromatic rings. The van der Waals surface area contributed by atoms with Crippen LogP contribution >= 0.6 is 11.6 Å². The molecule has 26 heavy (non-hydrogen) atoms. The van der Waals surface area contributed by atoms with Crippen molar-refractivity contribution < 1.29 is 19.5 Å². The third-order valence-electron chi connectivity index (χ3n) is 4.93. The molecule has 3 amide bonds. The predicted molar refractivity (Wildman–Crippen MR) is 97.7 cm³/mol. The van der Waals surface area contributed by atoms with Crippen LogP contribution in [0.3, 0.4) is 0 Å². The van der Waals surface area contributed by atoms with E-state index in [4.69, 9.17) is 16.7 Å². The molecule has 8 heteroatoms. The summed E-state index contributed by atoms with van der Waals surface area (Å²) in [6.07, 6.45) is 3.14. The topological polar surface area (TPSA) is 89.9 Å². The third-order valence-corrected chi connectivity index (χ3v) is 5.26. The van der Waals surface area contributed by atoms with Crippen molar-refractivity contribution in [2.24, 2.45) is 0 Å². The highest BCUT2D eigenvalue weighted by Gasteiger charge is 2.30. The number of anilines is 1. The van der Waals surface area contributed by atoms with E-state index in [2.05, 4.69) is 5.32 Å². The Kier molecular flexibility index (Phi) is 5.66. The lowest BCUT2D eigenvalue weighted by atomic mass is 9.96. The van der Waals surface area contributed by atoms with E-state index in [9.17, 15) is 14.4 Å². The van der Waals surface area contributed by atoms with Crippen molar-refractivity contribution in [1.29, 1.82) is 0 Å². The van der Waals surface area contributed by atoms with Crippen molar-refractivity contribution in [2.45, 2.75) is 38.1 Å². The number of benzene rings is 1. The van der Waals surface area contributed by atoms with Gasteiger partial charge in [-0.3, -0.25) is 14.5 Å². The highest BCUT2D eigenvalue weighted by Crippen LogP contribution is 2.29. The Morgan fingerprint density at radius 3 is 2.77 bits per heavy atom. The molecule has 0 saturated carbocycles. The standard InChI is InChI=1S/C18H22ClN3O4/c19-15-6-4-13(22-10-8-20-18(22)26)11-14(15)17(25)21-9-2-1-3-12(21)5-7-16(23)24/h4,6,11-12H,1-3,5,7-10H2,(H,20,26)(H,23,24). The Balaban J connectivity index is 1.83. The molecule has 1 unspecified atom stereocenters. The SMILES string of the molecule is O=C(O)CCC1CCCCN1C(=O)c1cc(N2CCNC2=O)ccc1Cl. The summed E-state index contributed by atoms with van der Waals surface area (Å²) in [4.78, 5) is 39.2. The molecule has 2 aliphatic heterocycles. The van der Waals surface area contributed by atoms with Crippen molar-refractivity contribution >= 4 is 35.2 Å². The van der Waals surface area contributed by atoms with Crippen LogP contribution in [0.4, 0.5) is 10.5 Å². The molecule has 1 aromatic carbocycles. The lowest BCUT2D eigenvalue weighted by Gasteiger charge is -2.36. The predicted octanol–water partition coefficient (Wildman–Crippen LogP) is 2.73. The average Bonchev–Trinajstić information content (AvgIpc) is 3.06. The van der Waals surface area contributed by atoms with Gasteiger partial charge in [0.05, 0.1) is 10.6 Å². The van der Waals surface area contributed by atoms with E-state index in [0.29, 0.717) is 42.3 Å². The third kappa shape index (κ3) is 3.93. The van der Waals surface area contributed by atoms with Gasteiger partial charge in [0.25, 0.3) is 5.91 Å². The minimum absolute atomic E-state index is 0.0379. The van der Waals surface area contributed by atoms with Crippen LogP contribution in [0.2, 0.25) is 5.02 Å². The van der Waals surface area contributed by atoms with E-state index >= 15 is 0 Å². The number of amides is 3. The van der Waals surface area contributed by atoms with Crippen LogP contribution in [0.25, 0.3) is 0 Å². The summed E-state index contributed by atoms with van der Waals surface area (Å²) in [5.74, 6) is -1.06. The number of aliphatic carboxylic acids is 1. The summed E-state index contributed by atoms with van der Waals surface area (Å²) < 4.78 is 0. The summed E-state index contributed by atoms with van der Waals surface area (Å²) in [6, 6.07) is 4.72. The zero-order chi connectivity index (χ0) is 18.7. The number of urea groups is 1. The first-order chi connectivity index (χ1) is 12.5. The van der Waals surface area contributed by atoms with E-state index in [1.807, 2.05) is 0 Å². The normalized spacial score (nSPS) is 20.2. The molecule has 2 N–H and O–H groups in total. The number of nitrogens with one attached hydrogen (secondary N) is 1. The van der Waals surface area contributed by atoms with Gasteiger partial charge in [0.2, 0.25) is 0 Å². The molecule has 0 spiro atoms. The quantitative estimate of drug-likeness (QED) is 0.823. The molecular formula is C18H22ClN3O4. The second kappa shape index (κ2) is 7.95. The van der Waals surface area contributed by atoms with Crippen molar-refractivity contribution in [3.8, 4) is 0 Å². The molecule has 7 nitrogen and oxygen atoms in total. The zero-order valence-electron chi connectivity index (χ0n) is 14.4. The number of nitrogens with zero attached hydrogens (tertiary/aromatic N) is 2. The van der Waals surface area contributed by atoms with Crippen LogP contribution in [0.1, 0.15) is 42.5 Å². The fraction of sp³-hybridized carbons (Fsp3) is 0.500. The van der Waals surface area contributed by atoms with E-state index in [-0.39, 0.29) is 24.4 Å². The van der Waals surface area contributed by atoms with Gasteiger partial charge in [0.1, 0.15) is 0 Å². The number of halogens is 1. The highest BCUT2D eigenvalue weighted by molar-refractivity contribution is 6.34. The summed E-state index contributed by atoms with van der Waals surface area (Å²) in [6.45, 7) is 1.70. The van der Waals surface area contributed by atoms with Gasteiger partial charge in [0, 0.05) is 37.8 Å². The van der Waals surface area contributed by atoms with Gasteiger partial charge >= 0.3 is 12.0 Å². The largest absolute Gasteiger partial charge is 0.481 e. The number of carboxylic acids is 1. The highest BCUT2D eigenvalue weighted by atomic mass is 35.5. The van der Waals surface area contributed by atoms with Gasteiger partial charge in [-0.1, -0.05) is 11.6 Å². The van der Waals surface area contributed by atoms with Gasteiger partial charge < -0.3 is 15.3 Å². The fourth-order valence-electron chi connectivity index (χ4n) is 3.58. The Morgan fingerprint density at radius 1 is 1.27 bits per heavy atom. The van der Waals surface area contributed by atoms with Crippen molar-refractivity contribution in [3.05, 3.63) is 28.8 Å². The number of hydrogen-bond donors (Lipinski definition) is 2. The van der Waals surface area contributed by atoms with Crippen LogP contribution in [0.5, 0.6) is 0 Å². The van der Waals surface area contributed by atoms with Crippen molar-refractivity contribution in [2.75, 3.05) is 24.5 Å². The molecule has 2 heterocycles. The van der Waals surface area contributed by atoms with E-state index in [0.717, 1.165) is 19.3 Å². The van der Waals surface area contributed by atoms with Crippen LogP contribution < -0.4 is 10.2 Å². The van der Waals surface area contributed by atoms with Gasteiger partial charge in [-0.2, -0.15) is 0 Å². The van der Waals surface area contributed by atoms with Crippen LogP contribution in [0.15, 0.2) is 18.2 Å². The first-order valence-electron chi connectivity index (χ1n) is 8.85. The van der Waals surface area contributed by atoms with Gasteiger partial charge in [-0.05, 0) is 43.9 Å². The number of piperidine rings is 1. The fourth-order valence-corrected chi connectivity index (χ4v) is 3.77. The van der Waals surface area contributed by atoms with Crippen LogP contribution in [-0.2, 0) is 4.79 Å². The number of rotatable bonds is 5. The van der Waals surface area contributed by atoms with Crippen molar-refractivity contribution in [3.63, 3.8) is 0 Å².